The topological polar surface area (TPSA) is 12.0 Å². The molecule has 100 valence electrons. The van der Waals surface area contributed by atoms with Crippen molar-refractivity contribution in [2.24, 2.45) is 0 Å². The van der Waals surface area contributed by atoms with Gasteiger partial charge < -0.3 is 0 Å². The molecule has 1 nitrogen and oxygen atoms in total. The molecule has 1 aromatic carbocycles. The molecule has 0 saturated carbocycles. The Bertz CT molecular complexity index is 400. The van der Waals surface area contributed by atoms with Gasteiger partial charge in [-0.1, -0.05) is 31.2 Å². The van der Waals surface area contributed by atoms with E-state index in [9.17, 15) is 13.2 Å². The van der Waals surface area contributed by atoms with Crippen LogP contribution in [0.2, 0.25) is 0 Å². The highest BCUT2D eigenvalue weighted by Gasteiger charge is 2.42. The van der Waals surface area contributed by atoms with Crippen molar-refractivity contribution in [3.05, 3.63) is 35.4 Å². The Morgan fingerprint density at radius 1 is 1.28 bits per heavy atom. The smallest absolute Gasteiger partial charge is 0.299 e. The second kappa shape index (κ2) is 5.31. The van der Waals surface area contributed by atoms with Crippen molar-refractivity contribution in [1.82, 2.24) is 5.32 Å². The van der Waals surface area contributed by atoms with Gasteiger partial charge in [0.2, 0.25) is 0 Å². The highest BCUT2D eigenvalue weighted by atomic mass is 19.4. The fraction of sp³-hybridized carbons (Fsp3) is 0.571. The number of rotatable bonds is 2. The zero-order chi connectivity index (χ0) is 13.2. The lowest BCUT2D eigenvalue weighted by Crippen LogP contribution is -2.46. The van der Waals surface area contributed by atoms with Crippen molar-refractivity contribution in [3.63, 3.8) is 0 Å². The van der Waals surface area contributed by atoms with E-state index in [0.717, 1.165) is 18.4 Å². The van der Waals surface area contributed by atoms with Crippen LogP contribution in [0.25, 0.3) is 0 Å². The molecule has 2 unspecified atom stereocenters. The largest absolute Gasteiger partial charge is 0.403 e. The molecule has 1 aliphatic heterocycles. The van der Waals surface area contributed by atoms with Crippen molar-refractivity contribution < 1.29 is 13.2 Å². The first-order chi connectivity index (χ1) is 8.50. The Kier molecular flexibility index (Phi) is 3.95. The number of benzene rings is 1. The SMILES string of the molecule is CCc1cccc(C2CCCC(C(F)(F)F)N2)c1. The molecule has 1 aliphatic rings. The van der Waals surface area contributed by atoms with Gasteiger partial charge in [0.15, 0.2) is 0 Å². The Balaban J connectivity index is 2.13. The van der Waals surface area contributed by atoms with Gasteiger partial charge in [0.05, 0.1) is 0 Å². The molecule has 0 bridgehead atoms. The predicted octanol–water partition coefficient (Wildman–Crippen LogP) is 3.99. The van der Waals surface area contributed by atoms with Gasteiger partial charge in [0, 0.05) is 6.04 Å². The average molecular weight is 257 g/mol. The van der Waals surface area contributed by atoms with Crippen LogP contribution < -0.4 is 5.32 Å². The first-order valence-corrected chi connectivity index (χ1v) is 6.42. The van der Waals surface area contributed by atoms with Gasteiger partial charge in [-0.3, -0.25) is 5.32 Å². The fourth-order valence-corrected chi connectivity index (χ4v) is 2.49. The highest BCUT2D eigenvalue weighted by Crippen LogP contribution is 2.33. The molecule has 18 heavy (non-hydrogen) atoms. The maximum absolute atomic E-state index is 12.7. The van der Waals surface area contributed by atoms with Gasteiger partial charge in [-0.15, -0.1) is 0 Å². The maximum Gasteiger partial charge on any atom is 0.403 e. The third-order valence-corrected chi connectivity index (χ3v) is 3.54. The van der Waals surface area contributed by atoms with Crippen LogP contribution in [0.4, 0.5) is 13.2 Å². The summed E-state index contributed by atoms with van der Waals surface area (Å²) in [6, 6.07) is 6.32. The lowest BCUT2D eigenvalue weighted by atomic mass is 9.92. The molecule has 4 heteroatoms. The van der Waals surface area contributed by atoms with E-state index in [-0.39, 0.29) is 12.5 Å². The lowest BCUT2D eigenvalue weighted by molar-refractivity contribution is -0.163. The Morgan fingerprint density at radius 3 is 2.72 bits per heavy atom. The van der Waals surface area contributed by atoms with Crippen LogP contribution in [0.3, 0.4) is 0 Å². The minimum atomic E-state index is -4.14. The molecule has 0 aliphatic carbocycles. The Morgan fingerprint density at radius 2 is 2.06 bits per heavy atom. The monoisotopic (exact) mass is 257 g/mol. The molecule has 0 amide bonds. The van der Waals surface area contributed by atoms with Crippen LogP contribution in [0.1, 0.15) is 43.4 Å². The van der Waals surface area contributed by atoms with Gasteiger partial charge >= 0.3 is 6.18 Å². The summed E-state index contributed by atoms with van der Waals surface area (Å²) in [7, 11) is 0. The zero-order valence-electron chi connectivity index (χ0n) is 10.4. The molecule has 0 radical (unpaired) electrons. The third kappa shape index (κ3) is 3.05. The zero-order valence-corrected chi connectivity index (χ0v) is 10.4. The number of piperidine rings is 1. The van der Waals surface area contributed by atoms with E-state index in [1.54, 1.807) is 0 Å². The van der Waals surface area contributed by atoms with Gasteiger partial charge in [0.1, 0.15) is 6.04 Å². The summed E-state index contributed by atoms with van der Waals surface area (Å²) in [5.41, 5.74) is 2.15. The summed E-state index contributed by atoms with van der Waals surface area (Å²) in [6.45, 7) is 2.05. The first-order valence-electron chi connectivity index (χ1n) is 6.42. The fourth-order valence-electron chi connectivity index (χ4n) is 2.49. The van der Waals surface area contributed by atoms with E-state index in [1.165, 1.54) is 5.56 Å². The minimum Gasteiger partial charge on any atom is -0.299 e. The molecule has 1 saturated heterocycles. The van der Waals surface area contributed by atoms with Crippen LogP contribution >= 0.6 is 0 Å². The second-order valence-corrected chi connectivity index (χ2v) is 4.84. The first kappa shape index (κ1) is 13.4. The van der Waals surface area contributed by atoms with E-state index in [4.69, 9.17) is 0 Å². The molecule has 2 atom stereocenters. The molecule has 0 spiro atoms. The summed E-state index contributed by atoms with van der Waals surface area (Å²) in [5, 5.41) is 2.74. The number of hydrogen-bond acceptors (Lipinski definition) is 1. The van der Waals surface area contributed by atoms with Crippen molar-refractivity contribution in [2.45, 2.75) is 50.9 Å². The highest BCUT2D eigenvalue weighted by molar-refractivity contribution is 5.26. The number of aryl methyl sites for hydroxylation is 1. The maximum atomic E-state index is 12.7. The number of alkyl halides is 3. The van der Waals surface area contributed by atoms with Gasteiger partial charge in [0.25, 0.3) is 0 Å². The second-order valence-electron chi connectivity index (χ2n) is 4.84. The number of halogens is 3. The molecule has 1 N–H and O–H groups in total. The molecule has 0 aromatic heterocycles. The minimum absolute atomic E-state index is 0.170. The molecule has 2 rings (SSSR count). The summed E-state index contributed by atoms with van der Waals surface area (Å²) in [5.74, 6) is 0. The molecule has 1 fully saturated rings. The third-order valence-electron chi connectivity index (χ3n) is 3.54. The van der Waals surface area contributed by atoms with Crippen LogP contribution in [-0.2, 0) is 6.42 Å². The van der Waals surface area contributed by atoms with Crippen LogP contribution in [0.5, 0.6) is 0 Å². The van der Waals surface area contributed by atoms with Crippen molar-refractivity contribution >= 4 is 0 Å². The molecular formula is C14H18F3N. The van der Waals surface area contributed by atoms with Crippen LogP contribution in [-0.4, -0.2) is 12.2 Å². The van der Waals surface area contributed by atoms with E-state index >= 15 is 0 Å². The van der Waals surface area contributed by atoms with Crippen molar-refractivity contribution in [2.75, 3.05) is 0 Å². The Hall–Kier alpha value is -1.03. The predicted molar refractivity (Wildman–Crippen MR) is 65.4 cm³/mol. The van der Waals surface area contributed by atoms with E-state index in [0.29, 0.717) is 6.42 Å². The summed E-state index contributed by atoms with van der Waals surface area (Å²) < 4.78 is 38.1. The average Bonchev–Trinajstić information content (AvgIpc) is 2.38. The summed E-state index contributed by atoms with van der Waals surface area (Å²) in [4.78, 5) is 0. The quantitative estimate of drug-likeness (QED) is 0.844. The van der Waals surface area contributed by atoms with Gasteiger partial charge in [-0.2, -0.15) is 13.2 Å². The summed E-state index contributed by atoms with van der Waals surface area (Å²) >= 11 is 0. The molecular weight excluding hydrogens is 239 g/mol. The summed E-state index contributed by atoms with van der Waals surface area (Å²) in [6.07, 6.45) is -1.64. The van der Waals surface area contributed by atoms with Crippen LogP contribution in [0, 0.1) is 0 Å². The van der Waals surface area contributed by atoms with Crippen molar-refractivity contribution in [1.29, 1.82) is 0 Å². The molecule has 1 heterocycles. The number of nitrogens with one attached hydrogen (secondary N) is 1. The van der Waals surface area contributed by atoms with E-state index in [1.807, 2.05) is 31.2 Å². The number of hydrogen-bond donors (Lipinski definition) is 1. The lowest BCUT2D eigenvalue weighted by Gasteiger charge is -2.32. The van der Waals surface area contributed by atoms with E-state index in [2.05, 4.69) is 5.32 Å². The van der Waals surface area contributed by atoms with E-state index < -0.39 is 12.2 Å². The van der Waals surface area contributed by atoms with Crippen molar-refractivity contribution in [3.8, 4) is 0 Å². The standard InChI is InChI=1S/C14H18F3N/c1-2-10-5-3-6-11(9-10)12-7-4-8-13(18-12)14(15,16)17/h3,5-6,9,12-13,18H,2,4,7-8H2,1H3. The van der Waals surface area contributed by atoms with Gasteiger partial charge in [-0.05, 0) is 36.8 Å². The molecule has 1 aromatic rings. The normalized spacial score (nSPS) is 25.1. The Labute approximate surface area is 105 Å². The van der Waals surface area contributed by atoms with Gasteiger partial charge in [-0.25, -0.2) is 0 Å². The van der Waals surface area contributed by atoms with Crippen LogP contribution in [0.15, 0.2) is 24.3 Å².